The predicted octanol–water partition coefficient (Wildman–Crippen LogP) is 5.51. The van der Waals surface area contributed by atoms with Gasteiger partial charge in [-0.3, -0.25) is 4.79 Å². The minimum Gasteiger partial charge on any atom is -0.383 e. The summed E-state index contributed by atoms with van der Waals surface area (Å²) in [6.07, 6.45) is 3.60. The minimum absolute atomic E-state index is 0.446. The van der Waals surface area contributed by atoms with Gasteiger partial charge in [0.2, 0.25) is 0 Å². The van der Waals surface area contributed by atoms with Gasteiger partial charge in [-0.2, -0.15) is 0 Å². The number of carbonyl (C=O) groups excluding carboxylic acids is 1. The molecular formula is C25H26N2O. The maximum atomic E-state index is 11.1. The average Bonchev–Trinajstić information content (AvgIpc) is 2.79. The van der Waals surface area contributed by atoms with Crippen molar-refractivity contribution in [3.05, 3.63) is 113 Å². The molecule has 3 aromatic rings. The largest absolute Gasteiger partial charge is 0.383 e. The second-order valence-corrected chi connectivity index (χ2v) is 5.89. The molecule has 0 aliphatic rings. The van der Waals surface area contributed by atoms with Crippen LogP contribution in [0.1, 0.15) is 40.9 Å². The van der Waals surface area contributed by atoms with Gasteiger partial charge in [0.1, 0.15) is 12.1 Å². The number of carbonyl (C=O) groups is 1. The molecule has 0 aromatic heterocycles. The predicted molar refractivity (Wildman–Crippen MR) is 118 cm³/mol. The van der Waals surface area contributed by atoms with Crippen LogP contribution in [0.2, 0.25) is 0 Å². The number of benzene rings is 3. The Kier molecular flexibility index (Phi) is 8.41. The van der Waals surface area contributed by atoms with E-state index in [2.05, 4.69) is 17.1 Å². The van der Waals surface area contributed by atoms with Crippen molar-refractivity contribution in [1.82, 2.24) is 0 Å². The Balaban J connectivity index is 0.00000136. The molecule has 0 aliphatic heterocycles. The van der Waals surface area contributed by atoms with Crippen molar-refractivity contribution in [2.24, 2.45) is 10.7 Å². The molecule has 3 nitrogen and oxygen atoms in total. The van der Waals surface area contributed by atoms with Gasteiger partial charge in [-0.25, -0.2) is 4.99 Å². The van der Waals surface area contributed by atoms with Crippen molar-refractivity contribution in [1.29, 1.82) is 0 Å². The molecule has 0 saturated heterocycles. The SMILES string of the molecule is CC.NC(=N/C(=C\Cc1ccccc1)c1cccc(C=O)c1)c1ccccc1. The van der Waals surface area contributed by atoms with Crippen LogP contribution in [0.15, 0.2) is 96.0 Å². The fraction of sp³-hybridized carbons (Fsp3) is 0.120. The number of hydrogen-bond donors (Lipinski definition) is 1. The molecule has 0 heterocycles. The molecule has 3 aromatic carbocycles. The van der Waals surface area contributed by atoms with Crippen LogP contribution in [0, 0.1) is 0 Å². The van der Waals surface area contributed by atoms with Crippen LogP contribution in [0.5, 0.6) is 0 Å². The van der Waals surface area contributed by atoms with E-state index < -0.39 is 0 Å². The highest BCUT2D eigenvalue weighted by molar-refractivity contribution is 6.00. The van der Waals surface area contributed by atoms with Gasteiger partial charge >= 0.3 is 0 Å². The molecule has 0 atom stereocenters. The summed E-state index contributed by atoms with van der Waals surface area (Å²) in [6.45, 7) is 4.00. The number of nitrogens with two attached hydrogens (primary N) is 1. The van der Waals surface area contributed by atoms with E-state index in [-0.39, 0.29) is 0 Å². The summed E-state index contributed by atoms with van der Waals surface area (Å²) in [7, 11) is 0. The topological polar surface area (TPSA) is 55.4 Å². The minimum atomic E-state index is 0.446. The first-order valence-corrected chi connectivity index (χ1v) is 9.45. The highest BCUT2D eigenvalue weighted by Gasteiger charge is 2.05. The van der Waals surface area contributed by atoms with E-state index in [1.165, 1.54) is 5.56 Å². The van der Waals surface area contributed by atoms with Crippen molar-refractivity contribution in [3.63, 3.8) is 0 Å². The van der Waals surface area contributed by atoms with Crippen molar-refractivity contribution >= 4 is 17.8 Å². The lowest BCUT2D eigenvalue weighted by molar-refractivity contribution is 0.112. The Labute approximate surface area is 167 Å². The van der Waals surface area contributed by atoms with E-state index in [1.54, 1.807) is 6.07 Å². The van der Waals surface area contributed by atoms with Crippen LogP contribution >= 0.6 is 0 Å². The van der Waals surface area contributed by atoms with Crippen molar-refractivity contribution < 1.29 is 4.79 Å². The smallest absolute Gasteiger partial charge is 0.150 e. The number of hydrogen-bond acceptors (Lipinski definition) is 2. The number of aldehydes is 1. The zero-order valence-electron chi connectivity index (χ0n) is 16.4. The normalized spacial score (nSPS) is 11.4. The maximum absolute atomic E-state index is 11.1. The van der Waals surface area contributed by atoms with Gasteiger partial charge in [0.15, 0.2) is 0 Å². The summed E-state index contributed by atoms with van der Waals surface area (Å²) in [5.41, 5.74) is 10.5. The molecule has 0 radical (unpaired) electrons. The monoisotopic (exact) mass is 370 g/mol. The second kappa shape index (κ2) is 11.3. The van der Waals surface area contributed by atoms with Gasteiger partial charge in [-0.1, -0.05) is 98.8 Å². The summed E-state index contributed by atoms with van der Waals surface area (Å²) < 4.78 is 0. The Hall–Kier alpha value is -3.46. The number of allylic oxidation sites excluding steroid dienone is 1. The molecule has 0 unspecified atom stereocenters. The van der Waals surface area contributed by atoms with Gasteiger partial charge in [-0.05, 0) is 18.1 Å². The quantitative estimate of drug-likeness (QED) is 0.353. The van der Waals surface area contributed by atoms with Gasteiger partial charge in [0.25, 0.3) is 0 Å². The molecule has 0 spiro atoms. The standard InChI is InChI=1S/C23H20N2O.C2H6/c24-23(20-11-5-2-6-12-20)25-22(15-14-18-8-3-1-4-9-18)21-13-7-10-19(16-21)17-26;1-2/h1-13,15-17H,14H2,(H2,24,25);1-2H3/b22-15-;. The molecule has 0 bridgehead atoms. The van der Waals surface area contributed by atoms with Crippen molar-refractivity contribution in [3.8, 4) is 0 Å². The van der Waals surface area contributed by atoms with Crippen LogP contribution < -0.4 is 5.73 Å². The van der Waals surface area contributed by atoms with Gasteiger partial charge in [-0.15, -0.1) is 0 Å². The molecule has 0 saturated carbocycles. The molecule has 28 heavy (non-hydrogen) atoms. The Morgan fingerprint density at radius 2 is 1.46 bits per heavy atom. The van der Waals surface area contributed by atoms with E-state index in [1.807, 2.05) is 86.7 Å². The first-order chi connectivity index (χ1) is 13.8. The highest BCUT2D eigenvalue weighted by Crippen LogP contribution is 2.19. The lowest BCUT2D eigenvalue weighted by Crippen LogP contribution is -2.13. The fourth-order valence-electron chi connectivity index (χ4n) is 2.63. The van der Waals surface area contributed by atoms with E-state index in [9.17, 15) is 4.79 Å². The van der Waals surface area contributed by atoms with Crippen LogP contribution in [0.25, 0.3) is 5.70 Å². The van der Waals surface area contributed by atoms with Crippen LogP contribution in [0.3, 0.4) is 0 Å². The molecule has 0 aliphatic carbocycles. The van der Waals surface area contributed by atoms with Crippen molar-refractivity contribution in [2.75, 3.05) is 0 Å². The summed E-state index contributed by atoms with van der Waals surface area (Å²) >= 11 is 0. The summed E-state index contributed by atoms with van der Waals surface area (Å²) in [5, 5.41) is 0. The first kappa shape index (κ1) is 20.8. The van der Waals surface area contributed by atoms with E-state index in [0.29, 0.717) is 11.4 Å². The van der Waals surface area contributed by atoms with Crippen LogP contribution in [-0.4, -0.2) is 12.1 Å². The van der Waals surface area contributed by atoms with E-state index >= 15 is 0 Å². The summed E-state index contributed by atoms with van der Waals surface area (Å²) in [4.78, 5) is 15.8. The molecule has 2 N–H and O–H groups in total. The zero-order chi connectivity index (χ0) is 20.2. The summed E-state index contributed by atoms with van der Waals surface area (Å²) in [5.74, 6) is 0.446. The number of nitrogens with zero attached hydrogens (tertiary/aromatic N) is 1. The Morgan fingerprint density at radius 3 is 2.11 bits per heavy atom. The molecule has 3 heteroatoms. The average molecular weight is 370 g/mol. The van der Waals surface area contributed by atoms with Gasteiger partial charge in [0, 0.05) is 16.7 Å². The maximum Gasteiger partial charge on any atom is 0.150 e. The fourth-order valence-corrected chi connectivity index (χ4v) is 2.63. The number of rotatable bonds is 6. The lowest BCUT2D eigenvalue weighted by atomic mass is 10.1. The highest BCUT2D eigenvalue weighted by atomic mass is 16.1. The first-order valence-electron chi connectivity index (χ1n) is 9.45. The molecule has 3 rings (SSSR count). The van der Waals surface area contributed by atoms with E-state index in [4.69, 9.17) is 5.73 Å². The van der Waals surface area contributed by atoms with Gasteiger partial charge in [0.05, 0.1) is 5.70 Å². The molecule has 0 amide bonds. The zero-order valence-corrected chi connectivity index (χ0v) is 16.4. The molecule has 142 valence electrons. The van der Waals surface area contributed by atoms with Crippen molar-refractivity contribution in [2.45, 2.75) is 20.3 Å². The van der Waals surface area contributed by atoms with Gasteiger partial charge < -0.3 is 5.73 Å². The summed E-state index contributed by atoms with van der Waals surface area (Å²) in [6, 6.07) is 27.2. The number of aliphatic imine (C=N–C) groups is 1. The van der Waals surface area contributed by atoms with E-state index in [0.717, 1.165) is 29.5 Å². The second-order valence-electron chi connectivity index (χ2n) is 5.89. The third-order valence-electron chi connectivity index (χ3n) is 4.00. The van der Waals surface area contributed by atoms with Crippen LogP contribution in [-0.2, 0) is 6.42 Å². The van der Waals surface area contributed by atoms with Crippen LogP contribution in [0.4, 0.5) is 0 Å². The molecular weight excluding hydrogens is 344 g/mol. The Bertz CT molecular complexity index is 929. The lowest BCUT2D eigenvalue weighted by Gasteiger charge is -2.07. The number of amidine groups is 1. The molecule has 0 fully saturated rings. The Morgan fingerprint density at radius 1 is 0.857 bits per heavy atom. The third-order valence-corrected chi connectivity index (χ3v) is 4.00. The third kappa shape index (κ3) is 6.06.